The van der Waals surface area contributed by atoms with Gasteiger partial charge in [0.25, 0.3) is 5.91 Å². The molecule has 1 rings (SSSR count). The van der Waals surface area contributed by atoms with Crippen molar-refractivity contribution in [3.8, 4) is 0 Å². The van der Waals surface area contributed by atoms with Gasteiger partial charge in [-0.3, -0.25) is 4.79 Å². The molecule has 1 aromatic carbocycles. The van der Waals surface area contributed by atoms with Crippen LogP contribution in [0.5, 0.6) is 0 Å². The van der Waals surface area contributed by atoms with Gasteiger partial charge in [-0.25, -0.2) is 0 Å². The number of nitrogen functional groups attached to an aromatic ring is 1. The molecule has 0 spiro atoms. The first-order valence-corrected chi connectivity index (χ1v) is 6.42. The molecule has 0 heterocycles. The minimum Gasteiger partial charge on any atom is -0.399 e. The number of hydrogen-bond acceptors (Lipinski definition) is 3. The first kappa shape index (κ1) is 14.5. The summed E-state index contributed by atoms with van der Waals surface area (Å²) in [5.74, 6) is -0.00456. The molecule has 100 valence electrons. The third-order valence-corrected chi connectivity index (χ3v) is 2.53. The van der Waals surface area contributed by atoms with Gasteiger partial charge >= 0.3 is 0 Å². The van der Waals surface area contributed by atoms with Gasteiger partial charge in [-0.05, 0) is 37.1 Å². The van der Waals surface area contributed by atoms with E-state index in [9.17, 15) is 4.79 Å². The molecule has 0 saturated carbocycles. The van der Waals surface area contributed by atoms with Crippen LogP contribution in [0.2, 0.25) is 0 Å². The van der Waals surface area contributed by atoms with Crippen molar-refractivity contribution in [2.75, 3.05) is 30.4 Å². The summed E-state index contributed by atoms with van der Waals surface area (Å²) in [6.07, 6.45) is 1.83. The number of anilines is 2. The smallest absolute Gasteiger partial charge is 0.252 e. The standard InChI is InChI=1S/C14H22N2O2/c1-3-9-16(14(17)11-18-10-4-2)13-7-5-12(15)6-8-13/h5-8H,3-4,9-11,15H2,1-2H3. The third kappa shape index (κ3) is 4.37. The molecular formula is C14H22N2O2. The second kappa shape index (κ2) is 7.71. The highest BCUT2D eigenvalue weighted by Gasteiger charge is 2.14. The van der Waals surface area contributed by atoms with E-state index in [1.165, 1.54) is 0 Å². The lowest BCUT2D eigenvalue weighted by molar-refractivity contribution is -0.123. The fraction of sp³-hybridized carbons (Fsp3) is 0.500. The number of carbonyl (C=O) groups excluding carboxylic acids is 1. The van der Waals surface area contributed by atoms with Crippen LogP contribution in [-0.2, 0) is 9.53 Å². The molecule has 0 radical (unpaired) electrons. The molecule has 0 saturated heterocycles. The summed E-state index contributed by atoms with van der Waals surface area (Å²) >= 11 is 0. The van der Waals surface area contributed by atoms with Crippen LogP contribution in [0.4, 0.5) is 11.4 Å². The largest absolute Gasteiger partial charge is 0.399 e. The van der Waals surface area contributed by atoms with Crippen LogP contribution in [0.3, 0.4) is 0 Å². The molecule has 18 heavy (non-hydrogen) atoms. The number of benzene rings is 1. The topological polar surface area (TPSA) is 55.6 Å². The fourth-order valence-electron chi connectivity index (χ4n) is 1.66. The van der Waals surface area contributed by atoms with Crippen LogP contribution < -0.4 is 10.6 Å². The lowest BCUT2D eigenvalue weighted by atomic mass is 10.2. The van der Waals surface area contributed by atoms with Gasteiger partial charge in [0.1, 0.15) is 6.61 Å². The Labute approximate surface area is 109 Å². The summed E-state index contributed by atoms with van der Waals surface area (Å²) in [6.45, 7) is 5.52. The Morgan fingerprint density at radius 2 is 1.89 bits per heavy atom. The first-order valence-electron chi connectivity index (χ1n) is 6.42. The number of nitrogens with two attached hydrogens (primary N) is 1. The highest BCUT2D eigenvalue weighted by molar-refractivity contribution is 5.94. The molecule has 4 heteroatoms. The molecule has 1 aromatic rings. The average molecular weight is 250 g/mol. The van der Waals surface area contributed by atoms with Crippen molar-refractivity contribution in [2.45, 2.75) is 26.7 Å². The van der Waals surface area contributed by atoms with Crippen LogP contribution in [0.15, 0.2) is 24.3 Å². The molecule has 0 aliphatic carbocycles. The third-order valence-electron chi connectivity index (χ3n) is 2.53. The van der Waals surface area contributed by atoms with E-state index in [-0.39, 0.29) is 12.5 Å². The summed E-state index contributed by atoms with van der Waals surface area (Å²) in [5.41, 5.74) is 7.22. The molecule has 2 N–H and O–H groups in total. The van der Waals surface area contributed by atoms with Crippen molar-refractivity contribution in [3.05, 3.63) is 24.3 Å². The van der Waals surface area contributed by atoms with Gasteiger partial charge in [-0.2, -0.15) is 0 Å². The Balaban J connectivity index is 2.69. The Hall–Kier alpha value is -1.55. The van der Waals surface area contributed by atoms with Gasteiger partial charge in [-0.1, -0.05) is 13.8 Å². The van der Waals surface area contributed by atoms with Crippen LogP contribution in [-0.4, -0.2) is 25.7 Å². The summed E-state index contributed by atoms with van der Waals surface area (Å²) in [6, 6.07) is 7.34. The average Bonchev–Trinajstić information content (AvgIpc) is 2.37. The molecule has 1 amide bonds. The van der Waals surface area contributed by atoms with Crippen LogP contribution >= 0.6 is 0 Å². The van der Waals surface area contributed by atoms with Crippen molar-refractivity contribution >= 4 is 17.3 Å². The van der Waals surface area contributed by atoms with E-state index >= 15 is 0 Å². The highest BCUT2D eigenvalue weighted by Crippen LogP contribution is 2.17. The molecule has 0 fully saturated rings. The Bertz CT molecular complexity index is 363. The van der Waals surface area contributed by atoms with Crippen molar-refractivity contribution in [3.63, 3.8) is 0 Å². The Morgan fingerprint density at radius 3 is 2.44 bits per heavy atom. The van der Waals surface area contributed by atoms with E-state index < -0.39 is 0 Å². The molecule has 0 aliphatic heterocycles. The predicted octanol–water partition coefficient (Wildman–Crippen LogP) is 2.44. The molecule has 0 atom stereocenters. The lowest BCUT2D eigenvalue weighted by Gasteiger charge is -2.22. The van der Waals surface area contributed by atoms with Gasteiger partial charge in [0.2, 0.25) is 0 Å². The minimum absolute atomic E-state index is 0.00456. The molecule has 0 aromatic heterocycles. The van der Waals surface area contributed by atoms with Gasteiger partial charge in [-0.15, -0.1) is 0 Å². The van der Waals surface area contributed by atoms with Gasteiger partial charge < -0.3 is 15.4 Å². The molecule has 0 unspecified atom stereocenters. The quantitative estimate of drug-likeness (QED) is 0.597. The maximum atomic E-state index is 12.1. The lowest BCUT2D eigenvalue weighted by Crippen LogP contribution is -2.34. The van der Waals surface area contributed by atoms with E-state index in [2.05, 4.69) is 0 Å². The monoisotopic (exact) mass is 250 g/mol. The number of rotatable bonds is 7. The van der Waals surface area contributed by atoms with Gasteiger partial charge in [0.05, 0.1) is 0 Å². The first-order chi connectivity index (χ1) is 8.69. The number of amides is 1. The Kier molecular flexibility index (Phi) is 6.22. The summed E-state index contributed by atoms with van der Waals surface area (Å²) in [4.78, 5) is 13.8. The van der Waals surface area contributed by atoms with Crippen molar-refractivity contribution in [1.82, 2.24) is 0 Å². The zero-order valence-corrected chi connectivity index (χ0v) is 11.2. The van der Waals surface area contributed by atoms with Gasteiger partial charge in [0.15, 0.2) is 0 Å². The normalized spacial score (nSPS) is 10.3. The fourth-order valence-corrected chi connectivity index (χ4v) is 1.66. The second-order valence-corrected chi connectivity index (χ2v) is 4.19. The summed E-state index contributed by atoms with van der Waals surface area (Å²) < 4.78 is 5.30. The predicted molar refractivity (Wildman–Crippen MR) is 74.6 cm³/mol. The van der Waals surface area contributed by atoms with E-state index in [1.807, 2.05) is 26.0 Å². The maximum absolute atomic E-state index is 12.1. The molecular weight excluding hydrogens is 228 g/mol. The maximum Gasteiger partial charge on any atom is 0.252 e. The minimum atomic E-state index is -0.00456. The van der Waals surface area contributed by atoms with Crippen molar-refractivity contribution in [2.24, 2.45) is 0 Å². The van der Waals surface area contributed by atoms with E-state index in [1.54, 1.807) is 17.0 Å². The molecule has 0 aliphatic rings. The Morgan fingerprint density at radius 1 is 1.22 bits per heavy atom. The van der Waals surface area contributed by atoms with Gasteiger partial charge in [0, 0.05) is 24.5 Å². The highest BCUT2D eigenvalue weighted by atomic mass is 16.5. The van der Waals surface area contributed by atoms with E-state index in [0.29, 0.717) is 18.8 Å². The van der Waals surface area contributed by atoms with E-state index in [0.717, 1.165) is 18.5 Å². The number of ether oxygens (including phenoxy) is 1. The van der Waals surface area contributed by atoms with Crippen molar-refractivity contribution < 1.29 is 9.53 Å². The number of carbonyl (C=O) groups is 1. The molecule has 0 bridgehead atoms. The van der Waals surface area contributed by atoms with Crippen LogP contribution in [0, 0.1) is 0 Å². The second-order valence-electron chi connectivity index (χ2n) is 4.19. The van der Waals surface area contributed by atoms with Crippen LogP contribution in [0.25, 0.3) is 0 Å². The van der Waals surface area contributed by atoms with Crippen molar-refractivity contribution in [1.29, 1.82) is 0 Å². The zero-order valence-electron chi connectivity index (χ0n) is 11.2. The number of hydrogen-bond donors (Lipinski definition) is 1. The van der Waals surface area contributed by atoms with E-state index in [4.69, 9.17) is 10.5 Å². The summed E-state index contributed by atoms with van der Waals surface area (Å²) in [5, 5.41) is 0. The SMILES string of the molecule is CCCOCC(=O)N(CCC)c1ccc(N)cc1. The zero-order chi connectivity index (χ0) is 13.4. The van der Waals surface area contributed by atoms with Crippen LogP contribution in [0.1, 0.15) is 26.7 Å². The molecule has 4 nitrogen and oxygen atoms in total. The summed E-state index contributed by atoms with van der Waals surface area (Å²) in [7, 11) is 0. The number of nitrogens with zero attached hydrogens (tertiary/aromatic N) is 1.